The minimum Gasteiger partial charge on any atom is -0.394 e. The van der Waals surface area contributed by atoms with Crippen LogP contribution in [0.25, 0.3) is 0 Å². The van der Waals surface area contributed by atoms with Gasteiger partial charge in [0.2, 0.25) is 0 Å². The second-order valence-corrected chi connectivity index (χ2v) is 5.94. The van der Waals surface area contributed by atoms with Crippen LogP contribution in [0.3, 0.4) is 0 Å². The van der Waals surface area contributed by atoms with E-state index in [-0.39, 0.29) is 48.7 Å². The molecule has 0 saturated heterocycles. The number of benzene rings is 1. The normalized spacial score (nSPS) is 10.4. The molecule has 1 aromatic heterocycles. The highest BCUT2D eigenvalue weighted by Gasteiger charge is 2.10. The van der Waals surface area contributed by atoms with Gasteiger partial charge in [0.1, 0.15) is 11.4 Å². The van der Waals surface area contributed by atoms with Gasteiger partial charge in [-0.15, -0.1) is 0 Å². The van der Waals surface area contributed by atoms with E-state index >= 15 is 0 Å². The van der Waals surface area contributed by atoms with E-state index in [1.54, 1.807) is 42.5 Å². The Morgan fingerprint density at radius 3 is 2.36 bits per heavy atom. The highest BCUT2D eigenvalue weighted by Crippen LogP contribution is 2.06. The first-order chi connectivity index (χ1) is 13.5. The first-order valence-electron chi connectivity index (χ1n) is 8.83. The van der Waals surface area contributed by atoms with Crippen LogP contribution in [-0.4, -0.2) is 54.1 Å². The number of carbonyl (C=O) groups is 3. The van der Waals surface area contributed by atoms with Gasteiger partial charge in [-0.1, -0.05) is 18.2 Å². The van der Waals surface area contributed by atoms with Crippen LogP contribution < -0.4 is 10.6 Å². The Labute approximate surface area is 162 Å². The van der Waals surface area contributed by atoms with Gasteiger partial charge in [0.25, 0.3) is 11.8 Å². The van der Waals surface area contributed by atoms with Crippen molar-refractivity contribution in [3.63, 3.8) is 0 Å². The predicted octanol–water partition coefficient (Wildman–Crippen LogP) is 0.953. The largest absolute Gasteiger partial charge is 0.394 e. The zero-order valence-electron chi connectivity index (χ0n) is 15.6. The van der Waals surface area contributed by atoms with Gasteiger partial charge in [-0.2, -0.15) is 0 Å². The van der Waals surface area contributed by atoms with E-state index in [2.05, 4.69) is 15.6 Å². The molecule has 1 aromatic carbocycles. The topological polar surface area (TPSA) is 118 Å². The van der Waals surface area contributed by atoms with Gasteiger partial charge < -0.3 is 20.5 Å². The number of aliphatic hydroxyl groups excluding tert-OH is 1. The standard InChI is InChI=1S/C20H23N3O5/c1-14(25)17-3-2-4-18(23-17)20(27)22-13-15-5-7-16(8-6-15)19(26)21-9-11-28-12-10-24/h2-8,24H,9-13H2,1H3,(H,21,26)(H,22,27). The van der Waals surface area contributed by atoms with Gasteiger partial charge in [-0.25, -0.2) is 4.98 Å². The molecule has 2 amide bonds. The monoisotopic (exact) mass is 385 g/mol. The first kappa shape index (κ1) is 21.2. The van der Waals surface area contributed by atoms with E-state index in [4.69, 9.17) is 9.84 Å². The quantitative estimate of drug-likeness (QED) is 0.414. The zero-order valence-corrected chi connectivity index (χ0v) is 15.6. The van der Waals surface area contributed by atoms with Crippen LogP contribution in [0.5, 0.6) is 0 Å². The summed E-state index contributed by atoms with van der Waals surface area (Å²) in [5.41, 5.74) is 1.73. The lowest BCUT2D eigenvalue weighted by molar-refractivity contribution is 0.0837. The second-order valence-electron chi connectivity index (χ2n) is 5.94. The Hall–Kier alpha value is -3.10. The molecule has 0 aliphatic carbocycles. The van der Waals surface area contributed by atoms with E-state index in [9.17, 15) is 14.4 Å². The van der Waals surface area contributed by atoms with Gasteiger partial charge in [0.15, 0.2) is 5.78 Å². The van der Waals surface area contributed by atoms with Crippen LogP contribution in [0.1, 0.15) is 43.8 Å². The number of amides is 2. The third kappa shape index (κ3) is 6.57. The van der Waals surface area contributed by atoms with E-state index in [0.717, 1.165) is 5.56 Å². The molecule has 0 bridgehead atoms. The average Bonchev–Trinajstić information content (AvgIpc) is 2.72. The molecule has 0 fully saturated rings. The Morgan fingerprint density at radius 1 is 0.964 bits per heavy atom. The third-order valence-corrected chi connectivity index (χ3v) is 3.78. The molecule has 8 heteroatoms. The smallest absolute Gasteiger partial charge is 0.270 e. The Kier molecular flexibility index (Phi) is 8.26. The van der Waals surface area contributed by atoms with Gasteiger partial charge in [0.05, 0.1) is 19.8 Å². The Balaban J connectivity index is 1.83. The number of rotatable bonds is 10. The maximum atomic E-state index is 12.2. The van der Waals surface area contributed by atoms with Gasteiger partial charge >= 0.3 is 0 Å². The lowest BCUT2D eigenvalue weighted by atomic mass is 10.1. The third-order valence-electron chi connectivity index (χ3n) is 3.78. The maximum Gasteiger partial charge on any atom is 0.270 e. The molecule has 0 aliphatic rings. The van der Waals surface area contributed by atoms with Crippen molar-refractivity contribution in [3.8, 4) is 0 Å². The molecule has 8 nitrogen and oxygen atoms in total. The number of ether oxygens (including phenoxy) is 1. The molecule has 0 spiro atoms. The lowest BCUT2D eigenvalue weighted by Gasteiger charge is -2.08. The van der Waals surface area contributed by atoms with Crippen molar-refractivity contribution in [1.29, 1.82) is 0 Å². The summed E-state index contributed by atoms with van der Waals surface area (Å²) in [4.78, 5) is 39.6. The van der Waals surface area contributed by atoms with Crippen molar-refractivity contribution >= 4 is 17.6 Å². The predicted molar refractivity (Wildman–Crippen MR) is 102 cm³/mol. The number of nitrogens with one attached hydrogen (secondary N) is 2. The number of aliphatic hydroxyl groups is 1. The van der Waals surface area contributed by atoms with Crippen LogP contribution in [-0.2, 0) is 11.3 Å². The SMILES string of the molecule is CC(=O)c1cccc(C(=O)NCc2ccc(C(=O)NCCOCCO)cc2)n1. The van der Waals surface area contributed by atoms with E-state index in [1.165, 1.54) is 6.92 Å². The van der Waals surface area contributed by atoms with Gasteiger partial charge in [0, 0.05) is 25.6 Å². The highest BCUT2D eigenvalue weighted by atomic mass is 16.5. The summed E-state index contributed by atoms with van der Waals surface area (Å²) >= 11 is 0. The van der Waals surface area contributed by atoms with Crippen LogP contribution in [0, 0.1) is 0 Å². The second kappa shape index (κ2) is 10.9. The molecule has 0 atom stereocenters. The minimum atomic E-state index is -0.382. The maximum absolute atomic E-state index is 12.2. The first-order valence-corrected chi connectivity index (χ1v) is 8.83. The van der Waals surface area contributed by atoms with Crippen LogP contribution in [0.15, 0.2) is 42.5 Å². The van der Waals surface area contributed by atoms with Gasteiger partial charge in [-0.05, 0) is 29.8 Å². The molecule has 3 N–H and O–H groups in total. The molecule has 0 aliphatic heterocycles. The fraction of sp³-hybridized carbons (Fsp3) is 0.300. The highest BCUT2D eigenvalue weighted by molar-refractivity contribution is 5.96. The van der Waals surface area contributed by atoms with Crippen molar-refractivity contribution in [2.45, 2.75) is 13.5 Å². The number of hydrogen-bond donors (Lipinski definition) is 3. The average molecular weight is 385 g/mol. The van der Waals surface area contributed by atoms with Crippen molar-refractivity contribution in [2.75, 3.05) is 26.4 Å². The summed E-state index contributed by atoms with van der Waals surface area (Å²) in [6.07, 6.45) is 0. The minimum absolute atomic E-state index is 0.0514. The summed E-state index contributed by atoms with van der Waals surface area (Å²) < 4.78 is 5.07. The number of Topliss-reactive ketones (excluding diaryl/α,β-unsaturated/α-hetero) is 1. The molecular weight excluding hydrogens is 362 g/mol. The van der Waals surface area contributed by atoms with Crippen molar-refractivity contribution < 1.29 is 24.2 Å². The summed E-state index contributed by atoms with van der Waals surface area (Å²) in [6.45, 7) is 2.53. The van der Waals surface area contributed by atoms with Crippen molar-refractivity contribution in [2.24, 2.45) is 0 Å². The van der Waals surface area contributed by atoms with Crippen LogP contribution in [0.4, 0.5) is 0 Å². The molecule has 148 valence electrons. The summed E-state index contributed by atoms with van der Waals surface area (Å²) in [5.74, 6) is -0.815. The summed E-state index contributed by atoms with van der Waals surface area (Å²) in [6, 6.07) is 11.5. The number of pyridine rings is 1. The van der Waals surface area contributed by atoms with Gasteiger partial charge in [-0.3, -0.25) is 14.4 Å². The molecule has 2 aromatic rings. The zero-order chi connectivity index (χ0) is 20.4. The molecule has 2 rings (SSSR count). The fourth-order valence-corrected chi connectivity index (χ4v) is 2.31. The van der Waals surface area contributed by atoms with Crippen molar-refractivity contribution in [1.82, 2.24) is 15.6 Å². The van der Waals surface area contributed by atoms with E-state index < -0.39 is 0 Å². The lowest BCUT2D eigenvalue weighted by Crippen LogP contribution is -2.27. The Bertz CT molecular complexity index is 821. The number of aromatic nitrogens is 1. The van der Waals surface area contributed by atoms with Crippen LogP contribution >= 0.6 is 0 Å². The fourth-order valence-electron chi connectivity index (χ4n) is 2.31. The molecule has 0 radical (unpaired) electrons. The number of ketones is 1. The molecule has 0 saturated carbocycles. The molecule has 0 unspecified atom stereocenters. The van der Waals surface area contributed by atoms with Crippen LogP contribution in [0.2, 0.25) is 0 Å². The number of carbonyl (C=O) groups excluding carboxylic acids is 3. The molecule has 28 heavy (non-hydrogen) atoms. The van der Waals surface area contributed by atoms with E-state index in [1.807, 2.05) is 0 Å². The molecular formula is C20H23N3O5. The summed E-state index contributed by atoms with van der Waals surface area (Å²) in [7, 11) is 0. The van der Waals surface area contributed by atoms with Crippen molar-refractivity contribution in [3.05, 3.63) is 65.0 Å². The Morgan fingerprint density at radius 2 is 1.68 bits per heavy atom. The number of nitrogens with zero attached hydrogens (tertiary/aromatic N) is 1. The molecule has 1 heterocycles. The summed E-state index contributed by atoms with van der Waals surface area (Å²) in [5, 5.41) is 14.0. The number of hydrogen-bond acceptors (Lipinski definition) is 6. The van der Waals surface area contributed by atoms with E-state index in [0.29, 0.717) is 18.7 Å².